The van der Waals surface area contributed by atoms with E-state index in [0.717, 1.165) is 5.56 Å². The number of carbonyl (C=O) groups excluding carboxylic acids is 1. The van der Waals surface area contributed by atoms with Crippen LogP contribution >= 0.6 is 0 Å². The molecular weight excluding hydrogens is 242 g/mol. The maximum absolute atomic E-state index is 12.0. The minimum atomic E-state index is -0.684. The fraction of sp³-hybridized carbons (Fsp3) is 0.533. The smallest absolute Gasteiger partial charge is 0.410 e. The Morgan fingerprint density at radius 2 is 2.16 bits per heavy atom. The van der Waals surface area contributed by atoms with E-state index in [1.807, 2.05) is 44.2 Å². The van der Waals surface area contributed by atoms with Gasteiger partial charge >= 0.3 is 6.09 Å². The molecule has 0 bridgehead atoms. The van der Waals surface area contributed by atoms with Gasteiger partial charge in [-0.05, 0) is 18.9 Å². The number of piperidine rings is 1. The van der Waals surface area contributed by atoms with Gasteiger partial charge in [0.2, 0.25) is 0 Å². The Kier molecular flexibility index (Phi) is 4.10. The molecule has 4 nitrogen and oxygen atoms in total. The Morgan fingerprint density at radius 1 is 1.47 bits per heavy atom. The molecule has 1 heterocycles. The molecular formula is C15H21NO3. The Labute approximate surface area is 114 Å². The topological polar surface area (TPSA) is 49.8 Å². The number of likely N-dealkylation sites (tertiary alicyclic amines) is 1. The summed E-state index contributed by atoms with van der Waals surface area (Å²) >= 11 is 0. The first-order valence-corrected chi connectivity index (χ1v) is 6.67. The molecule has 1 aliphatic rings. The van der Waals surface area contributed by atoms with Crippen LogP contribution in [0.3, 0.4) is 0 Å². The van der Waals surface area contributed by atoms with Gasteiger partial charge in [0.05, 0.1) is 5.60 Å². The Morgan fingerprint density at radius 3 is 2.79 bits per heavy atom. The van der Waals surface area contributed by atoms with Crippen LogP contribution in [0.2, 0.25) is 0 Å². The fourth-order valence-corrected chi connectivity index (χ4v) is 2.20. The van der Waals surface area contributed by atoms with Crippen molar-refractivity contribution in [2.75, 3.05) is 13.1 Å². The summed E-state index contributed by atoms with van der Waals surface area (Å²) in [7, 11) is 0. The second-order valence-corrected chi connectivity index (χ2v) is 5.49. The van der Waals surface area contributed by atoms with Crippen LogP contribution in [-0.4, -0.2) is 34.8 Å². The summed E-state index contributed by atoms with van der Waals surface area (Å²) in [6.07, 6.45) is 0.292. The lowest BCUT2D eigenvalue weighted by Gasteiger charge is -2.40. The van der Waals surface area contributed by atoms with Gasteiger partial charge in [-0.1, -0.05) is 37.3 Å². The maximum Gasteiger partial charge on any atom is 0.410 e. The Balaban J connectivity index is 1.84. The highest BCUT2D eigenvalue weighted by molar-refractivity contribution is 5.67. The Hall–Kier alpha value is -1.55. The number of rotatable bonds is 2. The van der Waals surface area contributed by atoms with Crippen molar-refractivity contribution in [1.82, 2.24) is 4.90 Å². The van der Waals surface area contributed by atoms with Gasteiger partial charge in [-0.25, -0.2) is 4.79 Å². The van der Waals surface area contributed by atoms with Crippen LogP contribution in [0.15, 0.2) is 30.3 Å². The van der Waals surface area contributed by atoms with E-state index in [4.69, 9.17) is 4.74 Å². The van der Waals surface area contributed by atoms with E-state index in [1.165, 1.54) is 0 Å². The lowest BCUT2D eigenvalue weighted by molar-refractivity contribution is -0.0483. The molecule has 1 saturated heterocycles. The normalized spacial score (nSPS) is 27.1. The molecule has 1 aromatic carbocycles. The molecule has 1 amide bonds. The quantitative estimate of drug-likeness (QED) is 0.891. The summed E-state index contributed by atoms with van der Waals surface area (Å²) in [5, 5.41) is 10.1. The second kappa shape index (κ2) is 5.61. The number of aliphatic hydroxyl groups is 1. The zero-order chi connectivity index (χ0) is 13.9. The molecule has 2 rings (SSSR count). The van der Waals surface area contributed by atoms with Crippen LogP contribution in [0.5, 0.6) is 0 Å². The third-order valence-corrected chi connectivity index (χ3v) is 3.91. The molecule has 1 N–H and O–H groups in total. The van der Waals surface area contributed by atoms with Crippen molar-refractivity contribution in [3.8, 4) is 0 Å². The van der Waals surface area contributed by atoms with Crippen LogP contribution in [-0.2, 0) is 11.3 Å². The maximum atomic E-state index is 12.0. The first-order valence-electron chi connectivity index (χ1n) is 6.67. The van der Waals surface area contributed by atoms with E-state index in [0.29, 0.717) is 26.1 Å². The molecule has 0 aliphatic carbocycles. The molecule has 1 aliphatic heterocycles. The van der Waals surface area contributed by atoms with Gasteiger partial charge in [0.15, 0.2) is 0 Å². The minimum Gasteiger partial charge on any atom is -0.445 e. The summed E-state index contributed by atoms with van der Waals surface area (Å²) < 4.78 is 5.29. The van der Waals surface area contributed by atoms with E-state index >= 15 is 0 Å². The van der Waals surface area contributed by atoms with Crippen molar-refractivity contribution in [3.05, 3.63) is 35.9 Å². The lowest BCUT2D eigenvalue weighted by Crippen LogP contribution is -2.50. The third kappa shape index (κ3) is 3.47. The SMILES string of the molecule is C[C@H]1CN(C(=O)OCc2ccccc2)CC[C@]1(C)O. The molecule has 4 heteroatoms. The summed E-state index contributed by atoms with van der Waals surface area (Å²) in [5.41, 5.74) is 0.295. The van der Waals surface area contributed by atoms with E-state index in [2.05, 4.69) is 0 Å². The van der Waals surface area contributed by atoms with Crippen LogP contribution in [0.4, 0.5) is 4.79 Å². The highest BCUT2D eigenvalue weighted by atomic mass is 16.6. The molecule has 2 atom stereocenters. The Bertz CT molecular complexity index is 430. The predicted octanol–water partition coefficient (Wildman–Crippen LogP) is 2.42. The van der Waals surface area contributed by atoms with E-state index < -0.39 is 5.60 Å². The zero-order valence-electron chi connectivity index (χ0n) is 11.5. The number of amides is 1. The van der Waals surface area contributed by atoms with Gasteiger partial charge in [0.1, 0.15) is 6.61 Å². The molecule has 104 valence electrons. The number of hydrogen-bond acceptors (Lipinski definition) is 3. The van der Waals surface area contributed by atoms with Crippen LogP contribution < -0.4 is 0 Å². The zero-order valence-corrected chi connectivity index (χ0v) is 11.5. The number of hydrogen-bond donors (Lipinski definition) is 1. The standard InChI is InChI=1S/C15H21NO3/c1-12-10-16(9-8-15(12,2)18)14(17)19-11-13-6-4-3-5-7-13/h3-7,12,18H,8-11H2,1-2H3/t12-,15-/m0/s1. The molecule has 1 aromatic rings. The van der Waals surface area contributed by atoms with Gasteiger partial charge < -0.3 is 14.7 Å². The first kappa shape index (κ1) is 13.9. The fourth-order valence-electron chi connectivity index (χ4n) is 2.20. The average molecular weight is 263 g/mol. The predicted molar refractivity (Wildman–Crippen MR) is 72.6 cm³/mol. The molecule has 0 unspecified atom stereocenters. The summed E-state index contributed by atoms with van der Waals surface area (Å²) in [6, 6.07) is 9.63. The van der Waals surface area contributed by atoms with Crippen molar-refractivity contribution < 1.29 is 14.6 Å². The summed E-state index contributed by atoms with van der Waals surface area (Å²) in [5.74, 6) is 0.0607. The largest absolute Gasteiger partial charge is 0.445 e. The molecule has 19 heavy (non-hydrogen) atoms. The van der Waals surface area contributed by atoms with Crippen LogP contribution in [0, 0.1) is 5.92 Å². The molecule has 1 fully saturated rings. The lowest BCUT2D eigenvalue weighted by atomic mass is 9.84. The van der Waals surface area contributed by atoms with Crippen LogP contribution in [0.1, 0.15) is 25.8 Å². The van der Waals surface area contributed by atoms with Gasteiger partial charge in [0.25, 0.3) is 0 Å². The first-order chi connectivity index (χ1) is 8.99. The highest BCUT2D eigenvalue weighted by Crippen LogP contribution is 2.27. The number of benzene rings is 1. The van der Waals surface area contributed by atoms with Crippen molar-refractivity contribution >= 4 is 6.09 Å². The van der Waals surface area contributed by atoms with E-state index in [-0.39, 0.29) is 12.0 Å². The van der Waals surface area contributed by atoms with Gasteiger partial charge in [-0.2, -0.15) is 0 Å². The van der Waals surface area contributed by atoms with E-state index in [1.54, 1.807) is 4.90 Å². The van der Waals surface area contributed by atoms with Crippen LogP contribution in [0.25, 0.3) is 0 Å². The molecule has 0 aromatic heterocycles. The average Bonchev–Trinajstić information content (AvgIpc) is 2.40. The van der Waals surface area contributed by atoms with Crippen molar-refractivity contribution in [1.29, 1.82) is 0 Å². The van der Waals surface area contributed by atoms with Gasteiger partial charge in [-0.3, -0.25) is 0 Å². The summed E-state index contributed by atoms with van der Waals surface area (Å²) in [4.78, 5) is 13.6. The minimum absolute atomic E-state index is 0.0607. The van der Waals surface area contributed by atoms with Crippen molar-refractivity contribution in [2.24, 2.45) is 5.92 Å². The third-order valence-electron chi connectivity index (χ3n) is 3.91. The van der Waals surface area contributed by atoms with Gasteiger partial charge in [-0.15, -0.1) is 0 Å². The molecule has 0 radical (unpaired) electrons. The number of carbonyl (C=O) groups is 1. The van der Waals surface area contributed by atoms with Crippen molar-refractivity contribution in [2.45, 2.75) is 32.5 Å². The molecule has 0 saturated carbocycles. The monoisotopic (exact) mass is 263 g/mol. The second-order valence-electron chi connectivity index (χ2n) is 5.49. The molecule has 0 spiro atoms. The number of nitrogens with zero attached hydrogens (tertiary/aromatic N) is 1. The summed E-state index contributed by atoms with van der Waals surface area (Å²) in [6.45, 7) is 5.16. The van der Waals surface area contributed by atoms with Crippen molar-refractivity contribution in [3.63, 3.8) is 0 Å². The van der Waals surface area contributed by atoms with E-state index in [9.17, 15) is 9.90 Å². The van der Waals surface area contributed by atoms with Gasteiger partial charge in [0, 0.05) is 19.0 Å². The highest BCUT2D eigenvalue weighted by Gasteiger charge is 2.36. The number of ether oxygens (including phenoxy) is 1.